The van der Waals surface area contributed by atoms with Gasteiger partial charge in [0.25, 0.3) is 0 Å². The van der Waals surface area contributed by atoms with Gasteiger partial charge >= 0.3 is 6.09 Å². The summed E-state index contributed by atoms with van der Waals surface area (Å²) in [5.74, 6) is -0.542. The highest BCUT2D eigenvalue weighted by Gasteiger charge is 2.36. The number of amides is 3. The number of alkyl carbamates (subject to hydrolysis) is 1. The Labute approximate surface area is 228 Å². The van der Waals surface area contributed by atoms with Gasteiger partial charge in [0.1, 0.15) is 17.7 Å². The Bertz CT molecular complexity index is 1060. The summed E-state index contributed by atoms with van der Waals surface area (Å²) in [6.45, 7) is 14.2. The van der Waals surface area contributed by atoms with Gasteiger partial charge in [-0.2, -0.15) is 0 Å². The lowest BCUT2D eigenvalue weighted by molar-refractivity contribution is -0.142. The largest absolute Gasteiger partial charge is 0.444 e. The molecule has 3 amide bonds. The molecule has 0 saturated carbocycles. The Kier molecular flexibility index (Phi) is 11.8. The number of aryl methyl sites for hydroxylation is 2. The van der Waals surface area contributed by atoms with E-state index in [2.05, 4.69) is 17.6 Å². The van der Waals surface area contributed by atoms with Gasteiger partial charge in [-0.05, 0) is 64.2 Å². The second kappa shape index (κ2) is 14.6. The lowest BCUT2D eigenvalue weighted by Gasteiger charge is -2.35. The van der Waals surface area contributed by atoms with Crippen molar-refractivity contribution in [3.05, 3.63) is 70.8 Å². The molecule has 7 nitrogen and oxygen atoms in total. The number of rotatable bonds is 12. The summed E-state index contributed by atoms with van der Waals surface area (Å²) in [5, 5.41) is 5.83. The number of nitrogens with zero attached hydrogens (tertiary/aromatic N) is 1. The summed E-state index contributed by atoms with van der Waals surface area (Å²) in [4.78, 5) is 42.3. The molecule has 2 N–H and O–H groups in total. The smallest absolute Gasteiger partial charge is 0.408 e. The fourth-order valence-corrected chi connectivity index (χ4v) is 4.38. The number of benzene rings is 2. The monoisotopic (exact) mass is 523 g/mol. The second-order valence-corrected chi connectivity index (χ2v) is 10.8. The first-order valence-corrected chi connectivity index (χ1v) is 13.7. The average Bonchev–Trinajstić information content (AvgIpc) is 2.83. The Morgan fingerprint density at radius 3 is 2.24 bits per heavy atom. The van der Waals surface area contributed by atoms with Crippen LogP contribution in [0.3, 0.4) is 0 Å². The molecule has 2 unspecified atom stereocenters. The molecule has 0 aromatic heterocycles. The first-order chi connectivity index (χ1) is 18.0. The van der Waals surface area contributed by atoms with Gasteiger partial charge in [-0.15, -0.1) is 0 Å². The quantitative estimate of drug-likeness (QED) is 0.353. The van der Waals surface area contributed by atoms with Crippen LogP contribution in [-0.2, 0) is 20.7 Å². The molecule has 0 aliphatic carbocycles. The molecule has 7 heteroatoms. The van der Waals surface area contributed by atoms with E-state index in [0.717, 1.165) is 35.1 Å². The van der Waals surface area contributed by atoms with Crippen LogP contribution in [0.4, 0.5) is 4.79 Å². The molecule has 2 atom stereocenters. The molecule has 0 aliphatic heterocycles. The molecule has 0 aliphatic rings. The van der Waals surface area contributed by atoms with E-state index < -0.39 is 23.8 Å². The van der Waals surface area contributed by atoms with Gasteiger partial charge in [0.15, 0.2) is 0 Å². The SMILES string of the molecule is CCCCNC(=O)C(c1ccc(C)cc1C)N(CCC)C(=O)C(Cc1ccccc1)NC(=O)OC(C)(C)C. The molecule has 0 heterocycles. The van der Waals surface area contributed by atoms with E-state index in [1.807, 2.05) is 69.3 Å². The number of ether oxygens (including phenoxy) is 1. The molecule has 208 valence electrons. The zero-order chi connectivity index (χ0) is 28.3. The van der Waals surface area contributed by atoms with Crippen LogP contribution in [0.15, 0.2) is 48.5 Å². The van der Waals surface area contributed by atoms with Crippen molar-refractivity contribution >= 4 is 17.9 Å². The topological polar surface area (TPSA) is 87.7 Å². The van der Waals surface area contributed by atoms with Gasteiger partial charge in [-0.3, -0.25) is 9.59 Å². The summed E-state index contributed by atoms with van der Waals surface area (Å²) < 4.78 is 5.49. The van der Waals surface area contributed by atoms with Crippen molar-refractivity contribution in [3.8, 4) is 0 Å². The zero-order valence-corrected chi connectivity index (χ0v) is 24.1. The third-order valence-corrected chi connectivity index (χ3v) is 6.13. The minimum atomic E-state index is -0.907. The molecule has 2 rings (SSSR count). The fourth-order valence-electron chi connectivity index (χ4n) is 4.38. The van der Waals surface area contributed by atoms with Crippen LogP contribution in [0.1, 0.15) is 82.2 Å². The van der Waals surface area contributed by atoms with Crippen LogP contribution in [0.25, 0.3) is 0 Å². The first-order valence-electron chi connectivity index (χ1n) is 13.7. The lowest BCUT2D eigenvalue weighted by atomic mass is 9.95. The highest BCUT2D eigenvalue weighted by atomic mass is 16.6. The zero-order valence-electron chi connectivity index (χ0n) is 24.1. The van der Waals surface area contributed by atoms with E-state index in [1.54, 1.807) is 25.7 Å². The van der Waals surface area contributed by atoms with Crippen LogP contribution < -0.4 is 10.6 Å². The van der Waals surface area contributed by atoms with Gasteiger partial charge in [0, 0.05) is 19.5 Å². The van der Waals surface area contributed by atoms with Crippen LogP contribution in [0.5, 0.6) is 0 Å². The Morgan fingerprint density at radius 2 is 1.66 bits per heavy atom. The lowest BCUT2D eigenvalue weighted by Crippen LogP contribution is -2.54. The molecule has 0 saturated heterocycles. The summed E-state index contributed by atoms with van der Waals surface area (Å²) in [6, 6.07) is 13.7. The highest BCUT2D eigenvalue weighted by molar-refractivity contribution is 5.92. The van der Waals surface area contributed by atoms with Crippen molar-refractivity contribution in [3.63, 3.8) is 0 Å². The Balaban J connectivity index is 2.52. The summed E-state index contributed by atoms with van der Waals surface area (Å²) in [7, 11) is 0. The van der Waals surface area contributed by atoms with Gasteiger partial charge in [-0.25, -0.2) is 4.79 Å². The molecule has 2 aromatic carbocycles. The van der Waals surface area contributed by atoms with Crippen molar-refractivity contribution in [2.45, 2.75) is 91.8 Å². The predicted octanol–water partition coefficient (Wildman–Crippen LogP) is 5.64. The minimum absolute atomic E-state index is 0.220. The van der Waals surface area contributed by atoms with Crippen molar-refractivity contribution < 1.29 is 19.1 Å². The molecule has 0 bridgehead atoms. The molecule has 0 radical (unpaired) electrons. The van der Waals surface area contributed by atoms with Gasteiger partial charge in [0.2, 0.25) is 11.8 Å². The number of nitrogens with one attached hydrogen (secondary N) is 2. The number of carbonyl (C=O) groups excluding carboxylic acids is 3. The van der Waals surface area contributed by atoms with Gasteiger partial charge in [0.05, 0.1) is 0 Å². The van der Waals surface area contributed by atoms with Gasteiger partial charge in [-0.1, -0.05) is 74.4 Å². The highest BCUT2D eigenvalue weighted by Crippen LogP contribution is 2.27. The Hall–Kier alpha value is -3.35. The maximum absolute atomic E-state index is 14.2. The van der Waals surface area contributed by atoms with Crippen LogP contribution in [0.2, 0.25) is 0 Å². The van der Waals surface area contributed by atoms with Crippen molar-refractivity contribution in [1.29, 1.82) is 0 Å². The van der Waals surface area contributed by atoms with E-state index >= 15 is 0 Å². The maximum Gasteiger partial charge on any atom is 0.408 e. The second-order valence-electron chi connectivity index (χ2n) is 10.8. The van der Waals surface area contributed by atoms with Crippen molar-refractivity contribution in [2.24, 2.45) is 0 Å². The molecular formula is C31H45N3O4. The normalized spacial score (nSPS) is 12.8. The van der Waals surface area contributed by atoms with E-state index in [1.165, 1.54) is 0 Å². The minimum Gasteiger partial charge on any atom is -0.444 e. The summed E-state index contributed by atoms with van der Waals surface area (Å²) in [5.41, 5.74) is 2.98. The summed E-state index contributed by atoms with van der Waals surface area (Å²) >= 11 is 0. The molecule has 38 heavy (non-hydrogen) atoms. The molecule has 2 aromatic rings. The maximum atomic E-state index is 14.2. The van der Waals surface area contributed by atoms with Crippen molar-refractivity contribution in [2.75, 3.05) is 13.1 Å². The fraction of sp³-hybridized carbons (Fsp3) is 0.516. The standard InChI is InChI=1S/C31H45N3O4/c1-8-10-18-32-28(35)27(25-17-16-22(3)20-23(25)4)34(19-9-2)29(36)26(21-24-14-12-11-13-15-24)33-30(37)38-31(5,6)7/h11-17,20,26-27H,8-10,18-19,21H2,1-7H3,(H,32,35)(H,33,37). The number of hydrogen-bond acceptors (Lipinski definition) is 4. The van der Waals surface area contributed by atoms with E-state index in [4.69, 9.17) is 4.74 Å². The van der Waals surface area contributed by atoms with E-state index in [9.17, 15) is 14.4 Å². The molecule has 0 fully saturated rings. The molecule has 0 spiro atoms. The van der Waals surface area contributed by atoms with Crippen LogP contribution >= 0.6 is 0 Å². The van der Waals surface area contributed by atoms with Crippen LogP contribution in [0, 0.1) is 13.8 Å². The predicted molar refractivity (Wildman–Crippen MR) is 152 cm³/mol. The van der Waals surface area contributed by atoms with Gasteiger partial charge < -0.3 is 20.3 Å². The molecular weight excluding hydrogens is 478 g/mol. The number of carbonyl (C=O) groups is 3. The summed E-state index contributed by atoms with van der Waals surface area (Å²) in [6.07, 6.45) is 2.06. The third kappa shape index (κ3) is 9.51. The van der Waals surface area contributed by atoms with E-state index in [0.29, 0.717) is 19.5 Å². The first kappa shape index (κ1) is 30.9. The van der Waals surface area contributed by atoms with Crippen molar-refractivity contribution in [1.82, 2.24) is 15.5 Å². The number of hydrogen-bond donors (Lipinski definition) is 2. The Morgan fingerprint density at radius 1 is 0.974 bits per heavy atom. The average molecular weight is 524 g/mol. The van der Waals surface area contributed by atoms with E-state index in [-0.39, 0.29) is 18.2 Å². The van der Waals surface area contributed by atoms with Crippen LogP contribution in [-0.4, -0.2) is 47.5 Å². The third-order valence-electron chi connectivity index (χ3n) is 6.13. The number of unbranched alkanes of at least 4 members (excludes halogenated alkanes) is 1.